The molecule has 0 fully saturated rings. The summed E-state index contributed by atoms with van der Waals surface area (Å²) in [6.07, 6.45) is 1.59. The highest BCUT2D eigenvalue weighted by atomic mass is 32.2. The highest BCUT2D eigenvalue weighted by Gasteiger charge is 2.13. The van der Waals surface area contributed by atoms with Crippen molar-refractivity contribution in [1.82, 2.24) is 14.7 Å². The molecular formula is C12H14N4O2S. The van der Waals surface area contributed by atoms with Crippen molar-refractivity contribution in [3.8, 4) is 0 Å². The van der Waals surface area contributed by atoms with Gasteiger partial charge in [-0.2, -0.15) is 0 Å². The van der Waals surface area contributed by atoms with Gasteiger partial charge in [0.15, 0.2) is 0 Å². The van der Waals surface area contributed by atoms with E-state index in [-0.39, 0.29) is 11.4 Å². The van der Waals surface area contributed by atoms with Crippen LogP contribution in [-0.2, 0) is 16.6 Å². The van der Waals surface area contributed by atoms with Crippen molar-refractivity contribution in [1.29, 1.82) is 0 Å². The van der Waals surface area contributed by atoms with Gasteiger partial charge in [0.1, 0.15) is 5.82 Å². The van der Waals surface area contributed by atoms with Gasteiger partial charge in [0, 0.05) is 11.9 Å². The number of hydrogen-bond donors (Lipinski definition) is 2. The molecule has 0 radical (unpaired) electrons. The number of nitrogens with two attached hydrogens (primary N) is 1. The molecule has 1 aromatic heterocycles. The maximum Gasteiger partial charge on any atom is 0.240 e. The fourth-order valence-electron chi connectivity index (χ4n) is 1.54. The molecule has 1 heterocycles. The van der Waals surface area contributed by atoms with E-state index in [4.69, 9.17) is 5.73 Å². The first-order chi connectivity index (χ1) is 8.97. The molecule has 0 aliphatic heterocycles. The Morgan fingerprint density at radius 2 is 2.11 bits per heavy atom. The lowest BCUT2D eigenvalue weighted by Gasteiger charge is -2.07. The third-order valence-electron chi connectivity index (χ3n) is 2.45. The fourth-order valence-corrected chi connectivity index (χ4v) is 2.59. The van der Waals surface area contributed by atoms with Gasteiger partial charge < -0.3 is 5.73 Å². The van der Waals surface area contributed by atoms with Crippen molar-refractivity contribution in [2.45, 2.75) is 18.4 Å². The molecule has 0 amide bonds. The maximum atomic E-state index is 12.0. The third kappa shape index (κ3) is 3.49. The molecule has 0 atom stereocenters. The van der Waals surface area contributed by atoms with Crippen molar-refractivity contribution < 1.29 is 8.42 Å². The summed E-state index contributed by atoms with van der Waals surface area (Å²) in [5.41, 5.74) is 6.58. The molecule has 19 heavy (non-hydrogen) atoms. The van der Waals surface area contributed by atoms with E-state index in [1.54, 1.807) is 31.3 Å². The zero-order valence-electron chi connectivity index (χ0n) is 10.4. The normalized spacial score (nSPS) is 11.4. The second kappa shape index (κ2) is 5.33. The van der Waals surface area contributed by atoms with Gasteiger partial charge in [-0.25, -0.2) is 23.1 Å². The van der Waals surface area contributed by atoms with Gasteiger partial charge in [0.2, 0.25) is 10.0 Å². The predicted molar refractivity (Wildman–Crippen MR) is 71.6 cm³/mol. The van der Waals surface area contributed by atoms with Crippen LogP contribution >= 0.6 is 0 Å². The third-order valence-corrected chi connectivity index (χ3v) is 3.84. The monoisotopic (exact) mass is 278 g/mol. The van der Waals surface area contributed by atoms with Crippen molar-refractivity contribution in [2.24, 2.45) is 0 Å². The minimum absolute atomic E-state index is 0.112. The Labute approximate surface area is 111 Å². The zero-order valence-corrected chi connectivity index (χ0v) is 11.2. The topological polar surface area (TPSA) is 98.0 Å². The number of benzene rings is 1. The molecule has 6 nitrogen and oxygen atoms in total. The first-order valence-corrected chi connectivity index (χ1v) is 7.09. The van der Waals surface area contributed by atoms with Gasteiger partial charge in [-0.1, -0.05) is 6.07 Å². The summed E-state index contributed by atoms with van der Waals surface area (Å²) in [5, 5.41) is 0. The number of aryl methyl sites for hydroxylation is 1. The molecule has 2 rings (SSSR count). The summed E-state index contributed by atoms with van der Waals surface area (Å²) in [5.74, 6) is 0.598. The van der Waals surface area contributed by atoms with E-state index < -0.39 is 10.0 Å². The van der Waals surface area contributed by atoms with E-state index in [2.05, 4.69) is 14.7 Å². The molecule has 2 aromatic rings. The summed E-state index contributed by atoms with van der Waals surface area (Å²) in [6, 6.07) is 7.79. The van der Waals surface area contributed by atoms with E-state index in [1.165, 1.54) is 12.1 Å². The van der Waals surface area contributed by atoms with E-state index in [9.17, 15) is 8.42 Å². The van der Waals surface area contributed by atoms with Crippen molar-refractivity contribution in [3.63, 3.8) is 0 Å². The largest absolute Gasteiger partial charge is 0.399 e. The van der Waals surface area contributed by atoms with Crippen LogP contribution in [0.4, 0.5) is 5.69 Å². The first-order valence-electron chi connectivity index (χ1n) is 5.61. The average molecular weight is 278 g/mol. The average Bonchev–Trinajstić information content (AvgIpc) is 2.37. The van der Waals surface area contributed by atoms with Crippen molar-refractivity contribution in [2.75, 3.05) is 5.73 Å². The molecule has 0 aliphatic rings. The van der Waals surface area contributed by atoms with Crippen molar-refractivity contribution in [3.05, 3.63) is 48.0 Å². The van der Waals surface area contributed by atoms with Crippen LogP contribution in [0.1, 0.15) is 11.5 Å². The summed E-state index contributed by atoms with van der Waals surface area (Å²) in [6.45, 7) is 1.86. The van der Waals surface area contributed by atoms with Crippen LogP contribution in [0.25, 0.3) is 0 Å². The molecular weight excluding hydrogens is 264 g/mol. The second-order valence-electron chi connectivity index (χ2n) is 3.99. The summed E-state index contributed by atoms with van der Waals surface area (Å²) in [7, 11) is -3.58. The molecule has 7 heteroatoms. The van der Waals surface area contributed by atoms with E-state index in [1.807, 2.05) is 0 Å². The Kier molecular flexibility index (Phi) is 3.77. The molecule has 0 unspecified atom stereocenters. The summed E-state index contributed by atoms with van der Waals surface area (Å²) < 4.78 is 26.5. The van der Waals surface area contributed by atoms with Crippen LogP contribution < -0.4 is 10.5 Å². The molecule has 0 saturated carbocycles. The highest BCUT2D eigenvalue weighted by Crippen LogP contribution is 2.12. The molecule has 100 valence electrons. The van der Waals surface area contributed by atoms with Crippen LogP contribution in [0.15, 0.2) is 41.4 Å². The first kappa shape index (κ1) is 13.4. The lowest BCUT2D eigenvalue weighted by atomic mass is 10.3. The molecule has 1 aromatic carbocycles. The van der Waals surface area contributed by atoms with Gasteiger partial charge >= 0.3 is 0 Å². The second-order valence-corrected chi connectivity index (χ2v) is 5.76. The van der Waals surface area contributed by atoms with Crippen LogP contribution in [0.2, 0.25) is 0 Å². The molecule has 0 saturated heterocycles. The zero-order chi connectivity index (χ0) is 13.9. The number of sulfonamides is 1. The smallest absolute Gasteiger partial charge is 0.240 e. The lowest BCUT2D eigenvalue weighted by molar-refractivity contribution is 0.580. The van der Waals surface area contributed by atoms with Crippen molar-refractivity contribution >= 4 is 15.7 Å². The minimum atomic E-state index is -3.58. The maximum absolute atomic E-state index is 12.0. The molecule has 3 N–H and O–H groups in total. The molecule has 0 bridgehead atoms. The Morgan fingerprint density at radius 3 is 2.79 bits per heavy atom. The van der Waals surface area contributed by atoms with Crippen LogP contribution in [0.3, 0.4) is 0 Å². The number of aromatic nitrogens is 2. The number of nitrogens with one attached hydrogen (secondary N) is 1. The number of anilines is 1. The number of hydrogen-bond acceptors (Lipinski definition) is 5. The Bertz CT molecular complexity index is 686. The van der Waals surface area contributed by atoms with E-state index in [0.717, 1.165) is 0 Å². The highest BCUT2D eigenvalue weighted by molar-refractivity contribution is 7.89. The number of nitrogens with zero attached hydrogens (tertiary/aromatic N) is 2. The van der Waals surface area contributed by atoms with Gasteiger partial charge in [-0.15, -0.1) is 0 Å². The quantitative estimate of drug-likeness (QED) is 0.808. The number of nitrogen functional groups attached to an aromatic ring is 1. The standard InChI is InChI=1S/C12H14N4O2S/c1-9-14-6-5-11(16-9)8-15-19(17,18)12-4-2-3-10(13)7-12/h2-7,15H,8,13H2,1H3. The lowest BCUT2D eigenvalue weighted by Crippen LogP contribution is -2.24. The van der Waals surface area contributed by atoms with Gasteiger partial charge in [0.25, 0.3) is 0 Å². The Balaban J connectivity index is 2.14. The van der Waals surface area contributed by atoms with Crippen LogP contribution in [0.5, 0.6) is 0 Å². The SMILES string of the molecule is Cc1nccc(CNS(=O)(=O)c2cccc(N)c2)n1. The van der Waals surface area contributed by atoms with E-state index in [0.29, 0.717) is 17.2 Å². The predicted octanol–water partition coefficient (Wildman–Crippen LogP) is 0.846. The summed E-state index contributed by atoms with van der Waals surface area (Å²) >= 11 is 0. The molecule has 0 spiro atoms. The van der Waals surface area contributed by atoms with Gasteiger partial charge in [0.05, 0.1) is 17.1 Å². The van der Waals surface area contributed by atoms with Crippen LogP contribution in [-0.4, -0.2) is 18.4 Å². The fraction of sp³-hybridized carbons (Fsp3) is 0.167. The molecule has 0 aliphatic carbocycles. The van der Waals surface area contributed by atoms with Gasteiger partial charge in [-0.05, 0) is 31.2 Å². The minimum Gasteiger partial charge on any atom is -0.399 e. The number of rotatable bonds is 4. The van der Waals surface area contributed by atoms with Gasteiger partial charge in [-0.3, -0.25) is 0 Å². The van der Waals surface area contributed by atoms with E-state index >= 15 is 0 Å². The summed E-state index contributed by atoms with van der Waals surface area (Å²) in [4.78, 5) is 8.21. The Hall–Kier alpha value is -1.99. The Morgan fingerprint density at radius 1 is 1.32 bits per heavy atom. The van der Waals surface area contributed by atoms with Crippen LogP contribution in [0, 0.1) is 6.92 Å².